The van der Waals surface area contributed by atoms with Gasteiger partial charge in [-0.2, -0.15) is 0 Å². The summed E-state index contributed by atoms with van der Waals surface area (Å²) < 4.78 is 0. The van der Waals surface area contributed by atoms with E-state index in [-0.39, 0.29) is 0 Å². The Hall–Kier alpha value is -1.12. The van der Waals surface area contributed by atoms with E-state index in [1.165, 1.54) is 24.2 Å². The van der Waals surface area contributed by atoms with E-state index in [2.05, 4.69) is 95.1 Å². The summed E-state index contributed by atoms with van der Waals surface area (Å²) in [6.07, 6.45) is 14.4. The Bertz CT molecular complexity index is 490. The molecular formula is C22H38N2. The summed E-state index contributed by atoms with van der Waals surface area (Å²) in [7, 11) is 0. The van der Waals surface area contributed by atoms with E-state index < -0.39 is 0 Å². The van der Waals surface area contributed by atoms with Gasteiger partial charge < -0.3 is 5.32 Å². The molecule has 0 amide bonds. The minimum absolute atomic E-state index is 0.380. The molecule has 0 spiro atoms. The zero-order valence-corrected chi connectivity index (χ0v) is 16.9. The molecule has 1 rings (SSSR count). The molecule has 2 unspecified atom stereocenters. The summed E-state index contributed by atoms with van der Waals surface area (Å²) in [5, 5.41) is 3.75. The summed E-state index contributed by atoms with van der Waals surface area (Å²) in [5.74, 6) is 0. The fourth-order valence-corrected chi connectivity index (χ4v) is 3.53. The molecule has 2 nitrogen and oxygen atoms in total. The molecule has 0 bridgehead atoms. The lowest BCUT2D eigenvalue weighted by molar-refractivity contribution is -0.00235. The number of allylic oxidation sites excluding steroid dienone is 4. The summed E-state index contributed by atoms with van der Waals surface area (Å²) in [6, 6.07) is 0.925. The van der Waals surface area contributed by atoms with Crippen LogP contribution in [0.5, 0.6) is 0 Å². The predicted octanol–water partition coefficient (Wildman–Crippen LogP) is 5.11. The molecule has 0 radical (unpaired) electrons. The van der Waals surface area contributed by atoms with Crippen LogP contribution < -0.4 is 5.32 Å². The second kappa shape index (κ2) is 10.0. The van der Waals surface area contributed by atoms with Crippen molar-refractivity contribution < 1.29 is 0 Å². The molecule has 1 saturated heterocycles. The van der Waals surface area contributed by atoms with E-state index in [9.17, 15) is 0 Å². The molecule has 1 fully saturated rings. The highest BCUT2D eigenvalue weighted by molar-refractivity contribution is 5.25. The fourth-order valence-electron chi connectivity index (χ4n) is 3.53. The first-order chi connectivity index (χ1) is 11.4. The zero-order chi connectivity index (χ0) is 18.2. The summed E-state index contributed by atoms with van der Waals surface area (Å²) in [6.45, 7) is 18.9. The second-order valence-corrected chi connectivity index (χ2v) is 7.40. The Labute approximate surface area is 150 Å². The highest BCUT2D eigenvalue weighted by Crippen LogP contribution is 2.33. The molecule has 2 atom stereocenters. The van der Waals surface area contributed by atoms with Crippen molar-refractivity contribution in [3.05, 3.63) is 47.6 Å². The molecule has 0 aromatic heterocycles. The summed E-state index contributed by atoms with van der Waals surface area (Å²) in [4.78, 5) is 2.58. The maximum absolute atomic E-state index is 3.75. The van der Waals surface area contributed by atoms with Crippen molar-refractivity contribution in [3.63, 3.8) is 0 Å². The number of nitrogens with one attached hydrogen (secondary N) is 1. The van der Waals surface area contributed by atoms with E-state index in [4.69, 9.17) is 0 Å². The first-order valence-electron chi connectivity index (χ1n) is 9.49. The van der Waals surface area contributed by atoms with Crippen LogP contribution in [0.3, 0.4) is 0 Å². The highest BCUT2D eigenvalue weighted by Gasteiger charge is 2.40. The third-order valence-electron chi connectivity index (χ3n) is 5.03. The Morgan fingerprint density at radius 2 is 1.67 bits per heavy atom. The number of hydrogen-bond acceptors (Lipinski definition) is 2. The third-order valence-corrected chi connectivity index (χ3v) is 5.03. The smallest absolute Gasteiger partial charge is 0.0316 e. The van der Waals surface area contributed by atoms with E-state index in [0.717, 1.165) is 13.0 Å². The van der Waals surface area contributed by atoms with Gasteiger partial charge in [0.15, 0.2) is 0 Å². The molecule has 0 saturated carbocycles. The first-order valence-corrected chi connectivity index (χ1v) is 9.49. The van der Waals surface area contributed by atoms with Gasteiger partial charge >= 0.3 is 0 Å². The zero-order valence-electron chi connectivity index (χ0n) is 16.9. The molecule has 2 heteroatoms. The van der Waals surface area contributed by atoms with Crippen molar-refractivity contribution in [2.24, 2.45) is 5.41 Å². The van der Waals surface area contributed by atoms with Gasteiger partial charge in [0.2, 0.25) is 0 Å². The molecule has 1 aliphatic rings. The number of hydrogen-bond donors (Lipinski definition) is 1. The highest BCUT2D eigenvalue weighted by atomic mass is 15.2. The van der Waals surface area contributed by atoms with E-state index >= 15 is 0 Å². The Morgan fingerprint density at radius 3 is 2.17 bits per heavy atom. The van der Waals surface area contributed by atoms with Gasteiger partial charge in [-0.1, -0.05) is 50.3 Å². The maximum atomic E-state index is 3.75. The summed E-state index contributed by atoms with van der Waals surface area (Å²) >= 11 is 0. The van der Waals surface area contributed by atoms with Gasteiger partial charge in [-0.05, 0) is 52.2 Å². The van der Waals surface area contributed by atoms with Crippen LogP contribution >= 0.6 is 0 Å². The average Bonchev–Trinajstić information content (AvgIpc) is 2.54. The van der Waals surface area contributed by atoms with Gasteiger partial charge in [0, 0.05) is 37.1 Å². The normalized spacial score (nSPS) is 22.1. The van der Waals surface area contributed by atoms with Crippen molar-refractivity contribution in [2.75, 3.05) is 19.6 Å². The van der Waals surface area contributed by atoms with Gasteiger partial charge in [0.05, 0.1) is 0 Å². The molecule has 0 aromatic rings. The van der Waals surface area contributed by atoms with Crippen LogP contribution in [0.2, 0.25) is 0 Å². The van der Waals surface area contributed by atoms with Crippen molar-refractivity contribution in [1.82, 2.24) is 10.2 Å². The Balaban J connectivity index is 2.53. The van der Waals surface area contributed by atoms with Crippen LogP contribution in [-0.4, -0.2) is 36.6 Å². The van der Waals surface area contributed by atoms with Crippen LogP contribution in [0.15, 0.2) is 47.6 Å². The molecule has 136 valence electrons. The SMILES string of the molecule is CC=CC(=CCC)C(C)NCC1(C)CN(C(C)C(C=CC)=CC)C1. The van der Waals surface area contributed by atoms with E-state index in [1.54, 1.807) is 0 Å². The van der Waals surface area contributed by atoms with Crippen LogP contribution in [0, 0.1) is 5.41 Å². The van der Waals surface area contributed by atoms with Crippen LogP contribution in [-0.2, 0) is 0 Å². The monoisotopic (exact) mass is 330 g/mol. The van der Waals surface area contributed by atoms with Gasteiger partial charge in [-0.25, -0.2) is 0 Å². The maximum Gasteiger partial charge on any atom is 0.0316 e. The number of likely N-dealkylation sites (tertiary alicyclic amines) is 1. The number of rotatable bonds is 9. The molecular weight excluding hydrogens is 292 g/mol. The standard InChI is InChI=1S/C22H38N2/c1-8-12-20(11-4)19(6)24-16-22(7,17-24)15-23-18(5)21(13-9-2)14-10-3/h8-9,11-14,18-19,23H,10,15-17H2,1-7H3. The predicted molar refractivity (Wildman–Crippen MR) is 108 cm³/mol. The molecule has 1 heterocycles. The van der Waals surface area contributed by atoms with Crippen molar-refractivity contribution in [2.45, 2.75) is 67.0 Å². The van der Waals surface area contributed by atoms with Crippen LogP contribution in [0.1, 0.15) is 54.9 Å². The minimum atomic E-state index is 0.380. The van der Waals surface area contributed by atoms with Gasteiger partial charge in [-0.15, -0.1) is 0 Å². The number of nitrogens with zero attached hydrogens (tertiary/aromatic N) is 1. The minimum Gasteiger partial charge on any atom is -0.310 e. The van der Waals surface area contributed by atoms with Crippen molar-refractivity contribution >= 4 is 0 Å². The lowest BCUT2D eigenvalue weighted by Gasteiger charge is -2.51. The van der Waals surface area contributed by atoms with E-state index in [0.29, 0.717) is 17.5 Å². The van der Waals surface area contributed by atoms with Gasteiger partial charge in [0.25, 0.3) is 0 Å². The molecule has 24 heavy (non-hydrogen) atoms. The van der Waals surface area contributed by atoms with Crippen molar-refractivity contribution in [1.29, 1.82) is 0 Å². The van der Waals surface area contributed by atoms with Crippen molar-refractivity contribution in [3.8, 4) is 0 Å². The van der Waals surface area contributed by atoms with Gasteiger partial charge in [0.1, 0.15) is 0 Å². The van der Waals surface area contributed by atoms with Crippen LogP contribution in [0.4, 0.5) is 0 Å². The second-order valence-electron chi connectivity index (χ2n) is 7.40. The molecule has 0 aliphatic carbocycles. The molecule has 0 aromatic carbocycles. The fraction of sp³-hybridized carbons (Fsp3) is 0.636. The lowest BCUT2D eigenvalue weighted by atomic mass is 9.79. The Morgan fingerprint density at radius 1 is 1.08 bits per heavy atom. The van der Waals surface area contributed by atoms with Crippen LogP contribution in [0.25, 0.3) is 0 Å². The lowest BCUT2D eigenvalue weighted by Crippen LogP contribution is -2.62. The Kier molecular flexibility index (Phi) is 8.72. The topological polar surface area (TPSA) is 15.3 Å². The van der Waals surface area contributed by atoms with E-state index in [1.807, 2.05) is 0 Å². The van der Waals surface area contributed by atoms with Gasteiger partial charge in [-0.3, -0.25) is 4.90 Å². The largest absolute Gasteiger partial charge is 0.310 e. The third kappa shape index (κ3) is 5.75. The molecule has 1 aliphatic heterocycles. The molecule has 1 N–H and O–H groups in total. The quantitative estimate of drug-likeness (QED) is 0.591. The average molecular weight is 331 g/mol. The summed E-state index contributed by atoms with van der Waals surface area (Å²) in [5.41, 5.74) is 3.20. The first kappa shape index (κ1) is 20.9.